The van der Waals surface area contributed by atoms with Gasteiger partial charge in [0.1, 0.15) is 11.3 Å². The Hall–Kier alpha value is -3.08. The highest BCUT2D eigenvalue weighted by Gasteiger charge is 2.33. The number of fused-ring (bicyclic) bond motifs is 3. The van der Waals surface area contributed by atoms with Crippen LogP contribution in [0, 0.1) is 0 Å². The van der Waals surface area contributed by atoms with Crippen molar-refractivity contribution in [2.24, 2.45) is 0 Å². The highest BCUT2D eigenvalue weighted by Crippen LogP contribution is 2.41. The van der Waals surface area contributed by atoms with Crippen molar-refractivity contribution in [2.45, 2.75) is 18.9 Å². The number of anilines is 2. The van der Waals surface area contributed by atoms with Gasteiger partial charge in [0.2, 0.25) is 0 Å². The molecule has 25 heavy (non-hydrogen) atoms. The normalized spacial score (nSPS) is 14.1. The van der Waals surface area contributed by atoms with Crippen molar-refractivity contribution in [2.75, 3.05) is 12.0 Å². The zero-order valence-electron chi connectivity index (χ0n) is 13.9. The van der Waals surface area contributed by atoms with E-state index >= 15 is 0 Å². The number of ether oxygens (including phenoxy) is 1. The summed E-state index contributed by atoms with van der Waals surface area (Å²) in [6, 6.07) is 16.9. The highest BCUT2D eigenvalue weighted by atomic mass is 16.5. The van der Waals surface area contributed by atoms with Crippen LogP contribution >= 0.6 is 0 Å². The Morgan fingerprint density at radius 3 is 2.68 bits per heavy atom. The molecule has 4 aromatic rings. The van der Waals surface area contributed by atoms with Crippen molar-refractivity contribution in [1.29, 1.82) is 0 Å². The van der Waals surface area contributed by atoms with Gasteiger partial charge in [-0.15, -0.1) is 0 Å². The van der Waals surface area contributed by atoms with Crippen LogP contribution in [0.25, 0.3) is 21.8 Å². The Morgan fingerprint density at radius 2 is 1.92 bits per heavy atom. The first kappa shape index (κ1) is 14.3. The van der Waals surface area contributed by atoms with Crippen LogP contribution in [0.1, 0.15) is 12.8 Å². The fourth-order valence-corrected chi connectivity index (χ4v) is 3.39. The lowest BCUT2D eigenvalue weighted by Gasteiger charge is -2.24. The molecule has 0 spiro atoms. The summed E-state index contributed by atoms with van der Waals surface area (Å²) in [6.45, 7) is 0. The zero-order chi connectivity index (χ0) is 16.8. The molecule has 1 N–H and O–H groups in total. The topological polar surface area (TPSA) is 54.0 Å². The van der Waals surface area contributed by atoms with E-state index in [0.29, 0.717) is 6.04 Å². The lowest BCUT2D eigenvalue weighted by Crippen LogP contribution is -2.21. The first-order valence-corrected chi connectivity index (χ1v) is 8.50. The maximum Gasteiger partial charge on any atom is 0.159 e. The molecule has 1 saturated carbocycles. The van der Waals surface area contributed by atoms with Gasteiger partial charge in [-0.05, 0) is 43.2 Å². The number of methoxy groups -OCH3 is 1. The number of hydrogen-bond acceptors (Lipinski definition) is 4. The number of para-hydroxylation sites is 1. The molecule has 0 saturated heterocycles. The molecule has 1 aliphatic carbocycles. The molecule has 2 heterocycles. The lowest BCUT2D eigenvalue weighted by molar-refractivity contribution is 0.415. The van der Waals surface area contributed by atoms with Gasteiger partial charge in [-0.2, -0.15) is 5.10 Å². The molecule has 0 aliphatic heterocycles. The van der Waals surface area contributed by atoms with Crippen LogP contribution in [0.5, 0.6) is 5.75 Å². The predicted octanol–water partition coefficient (Wildman–Crippen LogP) is 4.42. The summed E-state index contributed by atoms with van der Waals surface area (Å²) < 4.78 is 5.37. The standard InChI is InChI=1S/C20H18N4O/c1-25-15-9-10-18-16(11-15)17-12-21-23-19(17)20(22-18)24(14-7-8-14)13-5-3-2-4-6-13/h2-6,9-12,14H,7-8H2,1H3,(H,21,23). The van der Waals surface area contributed by atoms with E-state index in [-0.39, 0.29) is 0 Å². The molecule has 2 aromatic carbocycles. The van der Waals surface area contributed by atoms with Crippen LogP contribution in [-0.2, 0) is 0 Å². The number of hydrogen-bond donors (Lipinski definition) is 1. The third-order valence-corrected chi connectivity index (χ3v) is 4.76. The summed E-state index contributed by atoms with van der Waals surface area (Å²) in [5.74, 6) is 1.77. The molecule has 5 rings (SSSR count). The Balaban J connectivity index is 1.78. The molecule has 0 unspecified atom stereocenters. The summed E-state index contributed by atoms with van der Waals surface area (Å²) in [6.07, 6.45) is 4.25. The molecular formula is C20H18N4O. The number of pyridine rings is 1. The van der Waals surface area contributed by atoms with Crippen molar-refractivity contribution in [3.8, 4) is 5.75 Å². The Morgan fingerprint density at radius 1 is 1.08 bits per heavy atom. The number of nitrogens with one attached hydrogen (secondary N) is 1. The highest BCUT2D eigenvalue weighted by molar-refractivity contribution is 6.09. The molecule has 0 bridgehead atoms. The first-order chi connectivity index (χ1) is 12.3. The van der Waals surface area contributed by atoms with Gasteiger partial charge < -0.3 is 9.64 Å². The average molecular weight is 330 g/mol. The number of benzene rings is 2. The van der Waals surface area contributed by atoms with E-state index in [9.17, 15) is 0 Å². The van der Waals surface area contributed by atoms with Gasteiger partial charge in [0, 0.05) is 22.5 Å². The monoisotopic (exact) mass is 330 g/mol. The van der Waals surface area contributed by atoms with Gasteiger partial charge in [0.25, 0.3) is 0 Å². The number of H-pyrrole nitrogens is 1. The quantitative estimate of drug-likeness (QED) is 0.602. The van der Waals surface area contributed by atoms with Crippen molar-refractivity contribution in [1.82, 2.24) is 15.2 Å². The fourth-order valence-electron chi connectivity index (χ4n) is 3.39. The largest absolute Gasteiger partial charge is 0.497 e. The second kappa shape index (κ2) is 5.48. The number of aromatic nitrogens is 3. The molecule has 0 radical (unpaired) electrons. The van der Waals surface area contributed by atoms with E-state index in [1.165, 1.54) is 18.5 Å². The van der Waals surface area contributed by atoms with Crippen LogP contribution in [0.2, 0.25) is 0 Å². The summed E-state index contributed by atoms with van der Waals surface area (Å²) in [5, 5.41) is 9.57. The van der Waals surface area contributed by atoms with Crippen LogP contribution in [0.4, 0.5) is 11.5 Å². The molecule has 124 valence electrons. The first-order valence-electron chi connectivity index (χ1n) is 8.50. The molecule has 1 fully saturated rings. The zero-order valence-corrected chi connectivity index (χ0v) is 13.9. The van der Waals surface area contributed by atoms with E-state index in [1.54, 1.807) is 7.11 Å². The Bertz CT molecular complexity index is 1050. The van der Waals surface area contributed by atoms with E-state index in [2.05, 4.69) is 39.4 Å². The lowest BCUT2D eigenvalue weighted by atomic mass is 10.1. The van der Waals surface area contributed by atoms with E-state index in [1.807, 2.05) is 30.5 Å². The average Bonchev–Trinajstić information content (AvgIpc) is 3.36. The Labute approximate surface area is 145 Å². The van der Waals surface area contributed by atoms with E-state index in [4.69, 9.17) is 9.72 Å². The fraction of sp³-hybridized carbons (Fsp3) is 0.200. The van der Waals surface area contributed by atoms with Gasteiger partial charge in [-0.1, -0.05) is 18.2 Å². The third-order valence-electron chi connectivity index (χ3n) is 4.76. The summed E-state index contributed by atoms with van der Waals surface area (Å²) in [4.78, 5) is 7.33. The molecule has 1 aliphatic rings. The Kier molecular flexibility index (Phi) is 3.13. The molecule has 2 aromatic heterocycles. The second-order valence-corrected chi connectivity index (χ2v) is 6.41. The number of aromatic amines is 1. The molecule has 5 heteroatoms. The maximum atomic E-state index is 5.37. The summed E-state index contributed by atoms with van der Waals surface area (Å²) in [7, 11) is 1.68. The van der Waals surface area contributed by atoms with Gasteiger partial charge in [0.05, 0.1) is 18.8 Å². The predicted molar refractivity (Wildman–Crippen MR) is 99.5 cm³/mol. The second-order valence-electron chi connectivity index (χ2n) is 6.41. The van der Waals surface area contributed by atoms with Crippen molar-refractivity contribution in [3.63, 3.8) is 0 Å². The van der Waals surface area contributed by atoms with Crippen LogP contribution < -0.4 is 9.64 Å². The molecule has 0 atom stereocenters. The SMILES string of the molecule is COc1ccc2nc(N(c3ccccc3)C3CC3)c3[nH]ncc3c2c1. The molecule has 5 nitrogen and oxygen atoms in total. The van der Waals surface area contributed by atoms with Gasteiger partial charge in [-0.3, -0.25) is 5.10 Å². The van der Waals surface area contributed by atoms with Crippen molar-refractivity contribution in [3.05, 3.63) is 54.7 Å². The van der Waals surface area contributed by atoms with Crippen molar-refractivity contribution >= 4 is 33.3 Å². The van der Waals surface area contributed by atoms with Gasteiger partial charge >= 0.3 is 0 Å². The summed E-state index contributed by atoms with van der Waals surface area (Å²) >= 11 is 0. The number of nitrogens with zero attached hydrogens (tertiary/aromatic N) is 3. The smallest absolute Gasteiger partial charge is 0.159 e. The maximum absolute atomic E-state index is 5.37. The van der Waals surface area contributed by atoms with Crippen LogP contribution in [-0.4, -0.2) is 28.3 Å². The van der Waals surface area contributed by atoms with Gasteiger partial charge in [-0.25, -0.2) is 4.98 Å². The minimum atomic E-state index is 0.497. The van der Waals surface area contributed by atoms with E-state index in [0.717, 1.165) is 33.4 Å². The minimum absolute atomic E-state index is 0.497. The molecular weight excluding hydrogens is 312 g/mol. The third kappa shape index (κ3) is 2.31. The summed E-state index contributed by atoms with van der Waals surface area (Å²) in [5.41, 5.74) is 3.09. The number of rotatable bonds is 4. The molecule has 0 amide bonds. The van der Waals surface area contributed by atoms with E-state index < -0.39 is 0 Å². The van der Waals surface area contributed by atoms with Gasteiger partial charge in [0.15, 0.2) is 5.82 Å². The van der Waals surface area contributed by atoms with Crippen LogP contribution in [0.3, 0.4) is 0 Å². The minimum Gasteiger partial charge on any atom is -0.497 e. The van der Waals surface area contributed by atoms with Crippen molar-refractivity contribution < 1.29 is 4.74 Å². The van der Waals surface area contributed by atoms with Crippen LogP contribution in [0.15, 0.2) is 54.7 Å².